The summed E-state index contributed by atoms with van der Waals surface area (Å²) in [6, 6.07) is 4.85. The number of carbonyl (C=O) groups is 1. The van der Waals surface area contributed by atoms with Gasteiger partial charge in [-0.15, -0.1) is 0 Å². The standard InChI is InChI=1S/C15H21F3N2O2/c1-10-3-5-12(8-20-14(21)6-4-11(2)19)13(7-10)22-9-15(16,17)18/h3,5,7,11H,4,6,8-9,19H2,1-2H3,(H,20,21). The Balaban J connectivity index is 2.63. The topological polar surface area (TPSA) is 64.4 Å². The quantitative estimate of drug-likeness (QED) is 0.812. The van der Waals surface area contributed by atoms with Gasteiger partial charge in [0.25, 0.3) is 0 Å². The van der Waals surface area contributed by atoms with Gasteiger partial charge in [-0.2, -0.15) is 13.2 Å². The van der Waals surface area contributed by atoms with E-state index in [1.165, 1.54) is 6.07 Å². The van der Waals surface area contributed by atoms with Crippen LogP contribution in [0.4, 0.5) is 13.2 Å². The molecule has 4 nitrogen and oxygen atoms in total. The third-order valence-corrected chi connectivity index (χ3v) is 2.92. The predicted octanol–water partition coefficient (Wildman–Crippen LogP) is 2.68. The number of nitrogens with two attached hydrogens (primary N) is 1. The number of amides is 1. The van der Waals surface area contributed by atoms with Gasteiger partial charge in [0.2, 0.25) is 5.91 Å². The van der Waals surface area contributed by atoms with Crippen LogP contribution in [0.3, 0.4) is 0 Å². The first-order valence-electron chi connectivity index (χ1n) is 6.99. The maximum atomic E-state index is 12.3. The molecule has 0 aliphatic rings. The summed E-state index contributed by atoms with van der Waals surface area (Å²) in [6.45, 7) is 2.31. The maximum Gasteiger partial charge on any atom is 0.422 e. The highest BCUT2D eigenvalue weighted by molar-refractivity contribution is 5.75. The van der Waals surface area contributed by atoms with E-state index >= 15 is 0 Å². The summed E-state index contributed by atoms with van der Waals surface area (Å²) in [6.07, 6.45) is -3.57. The van der Waals surface area contributed by atoms with E-state index in [1.54, 1.807) is 26.0 Å². The second-order valence-electron chi connectivity index (χ2n) is 5.31. The number of halogens is 3. The fraction of sp³-hybridized carbons (Fsp3) is 0.533. The van der Waals surface area contributed by atoms with Crippen LogP contribution in [-0.2, 0) is 11.3 Å². The van der Waals surface area contributed by atoms with E-state index in [-0.39, 0.29) is 30.7 Å². The molecule has 0 heterocycles. The summed E-state index contributed by atoms with van der Waals surface area (Å²) in [5.41, 5.74) is 6.85. The second-order valence-corrected chi connectivity index (χ2v) is 5.31. The molecule has 3 N–H and O–H groups in total. The highest BCUT2D eigenvalue weighted by atomic mass is 19.4. The molecule has 7 heteroatoms. The number of ether oxygens (including phenoxy) is 1. The lowest BCUT2D eigenvalue weighted by molar-refractivity contribution is -0.153. The SMILES string of the molecule is Cc1ccc(CNC(=O)CCC(C)N)c(OCC(F)(F)F)c1. The first-order chi connectivity index (χ1) is 10.2. The molecule has 0 saturated heterocycles. The number of rotatable bonds is 7. The summed E-state index contributed by atoms with van der Waals surface area (Å²) in [4.78, 5) is 11.6. The highest BCUT2D eigenvalue weighted by Gasteiger charge is 2.28. The Labute approximate surface area is 127 Å². The largest absolute Gasteiger partial charge is 0.484 e. The van der Waals surface area contributed by atoms with Crippen LogP contribution in [0, 0.1) is 6.92 Å². The van der Waals surface area contributed by atoms with Crippen LogP contribution >= 0.6 is 0 Å². The molecule has 1 atom stereocenters. The first-order valence-corrected chi connectivity index (χ1v) is 6.99. The number of alkyl halides is 3. The van der Waals surface area contributed by atoms with Gasteiger partial charge < -0.3 is 15.8 Å². The van der Waals surface area contributed by atoms with Gasteiger partial charge in [-0.3, -0.25) is 4.79 Å². The van der Waals surface area contributed by atoms with Crippen molar-refractivity contribution in [1.29, 1.82) is 0 Å². The Morgan fingerprint density at radius 3 is 2.68 bits per heavy atom. The first kappa shape index (κ1) is 18.3. The van der Waals surface area contributed by atoms with Crippen molar-refractivity contribution in [1.82, 2.24) is 5.32 Å². The van der Waals surface area contributed by atoms with E-state index in [4.69, 9.17) is 10.5 Å². The van der Waals surface area contributed by atoms with Gasteiger partial charge >= 0.3 is 6.18 Å². The number of carbonyl (C=O) groups excluding carboxylic acids is 1. The molecular weight excluding hydrogens is 297 g/mol. The molecule has 124 valence electrons. The molecule has 1 amide bonds. The van der Waals surface area contributed by atoms with E-state index in [0.717, 1.165) is 5.56 Å². The number of benzene rings is 1. The predicted molar refractivity (Wildman–Crippen MR) is 77.5 cm³/mol. The van der Waals surface area contributed by atoms with Crippen LogP contribution in [0.2, 0.25) is 0 Å². The Morgan fingerprint density at radius 1 is 1.41 bits per heavy atom. The van der Waals surface area contributed by atoms with Gasteiger partial charge in [-0.25, -0.2) is 0 Å². The maximum absolute atomic E-state index is 12.3. The Hall–Kier alpha value is -1.76. The molecule has 0 aromatic heterocycles. The molecule has 0 aliphatic heterocycles. The lowest BCUT2D eigenvalue weighted by atomic mass is 10.1. The zero-order chi connectivity index (χ0) is 16.8. The van der Waals surface area contributed by atoms with Crippen LogP contribution < -0.4 is 15.8 Å². The van der Waals surface area contributed by atoms with Crippen molar-refractivity contribution in [3.8, 4) is 5.75 Å². The van der Waals surface area contributed by atoms with Crippen molar-refractivity contribution in [2.24, 2.45) is 5.73 Å². The smallest absolute Gasteiger partial charge is 0.422 e. The average Bonchev–Trinajstić information content (AvgIpc) is 2.41. The van der Waals surface area contributed by atoms with Crippen molar-refractivity contribution < 1.29 is 22.7 Å². The van der Waals surface area contributed by atoms with Gasteiger partial charge in [0.15, 0.2) is 6.61 Å². The van der Waals surface area contributed by atoms with Crippen molar-refractivity contribution in [3.05, 3.63) is 29.3 Å². The number of hydrogen-bond acceptors (Lipinski definition) is 3. The van der Waals surface area contributed by atoms with Gasteiger partial charge in [-0.1, -0.05) is 12.1 Å². The van der Waals surface area contributed by atoms with Crippen molar-refractivity contribution >= 4 is 5.91 Å². The van der Waals surface area contributed by atoms with Crippen molar-refractivity contribution in [2.45, 2.75) is 45.5 Å². The molecule has 0 spiro atoms. The van der Waals surface area contributed by atoms with Crippen molar-refractivity contribution in [2.75, 3.05) is 6.61 Å². The summed E-state index contributed by atoms with van der Waals surface area (Å²) < 4.78 is 41.6. The zero-order valence-electron chi connectivity index (χ0n) is 12.7. The molecule has 0 radical (unpaired) electrons. The van der Waals surface area contributed by atoms with E-state index in [9.17, 15) is 18.0 Å². The van der Waals surface area contributed by atoms with Gasteiger partial charge in [0.1, 0.15) is 5.75 Å². The number of hydrogen-bond donors (Lipinski definition) is 2. The van der Waals surface area contributed by atoms with Crippen LogP contribution in [-0.4, -0.2) is 24.7 Å². The molecule has 22 heavy (non-hydrogen) atoms. The Bertz CT molecular complexity index is 502. The summed E-state index contributed by atoms with van der Waals surface area (Å²) in [7, 11) is 0. The Kier molecular flexibility index (Phi) is 6.67. The van der Waals surface area contributed by atoms with E-state index < -0.39 is 12.8 Å². The zero-order valence-corrected chi connectivity index (χ0v) is 12.7. The van der Waals surface area contributed by atoms with Crippen LogP contribution in [0.25, 0.3) is 0 Å². The minimum absolute atomic E-state index is 0.0733. The monoisotopic (exact) mass is 318 g/mol. The molecule has 1 aromatic rings. The fourth-order valence-corrected chi connectivity index (χ4v) is 1.74. The molecule has 0 saturated carbocycles. The third kappa shape index (κ3) is 7.31. The highest BCUT2D eigenvalue weighted by Crippen LogP contribution is 2.23. The normalized spacial score (nSPS) is 12.8. The van der Waals surface area contributed by atoms with Gasteiger partial charge in [0, 0.05) is 24.6 Å². The molecule has 1 rings (SSSR count). The summed E-state index contributed by atoms with van der Waals surface area (Å²) in [5, 5.41) is 2.66. The third-order valence-electron chi connectivity index (χ3n) is 2.92. The summed E-state index contributed by atoms with van der Waals surface area (Å²) >= 11 is 0. The van der Waals surface area contributed by atoms with Crippen molar-refractivity contribution in [3.63, 3.8) is 0 Å². The lowest BCUT2D eigenvalue weighted by Crippen LogP contribution is -2.26. The van der Waals surface area contributed by atoms with E-state index in [1.807, 2.05) is 0 Å². The fourth-order valence-electron chi connectivity index (χ4n) is 1.74. The average molecular weight is 318 g/mol. The lowest BCUT2D eigenvalue weighted by Gasteiger charge is -2.14. The molecule has 1 unspecified atom stereocenters. The summed E-state index contributed by atoms with van der Waals surface area (Å²) in [5.74, 6) is -0.0653. The van der Waals surface area contributed by atoms with Gasteiger partial charge in [-0.05, 0) is 31.9 Å². The molecule has 0 bridgehead atoms. The number of nitrogens with one attached hydrogen (secondary N) is 1. The molecule has 0 fully saturated rings. The van der Waals surface area contributed by atoms with Gasteiger partial charge in [0.05, 0.1) is 0 Å². The molecular formula is C15H21F3N2O2. The minimum atomic E-state index is -4.40. The van der Waals surface area contributed by atoms with E-state index in [0.29, 0.717) is 12.0 Å². The molecule has 1 aromatic carbocycles. The molecule has 0 aliphatic carbocycles. The Morgan fingerprint density at radius 2 is 2.09 bits per heavy atom. The minimum Gasteiger partial charge on any atom is -0.484 e. The number of aryl methyl sites for hydroxylation is 1. The van der Waals surface area contributed by atoms with E-state index in [2.05, 4.69) is 5.32 Å². The van der Waals surface area contributed by atoms with Crippen LogP contribution in [0.1, 0.15) is 30.9 Å². The second kappa shape index (κ2) is 8.03. The van der Waals surface area contributed by atoms with Crippen LogP contribution in [0.15, 0.2) is 18.2 Å². The van der Waals surface area contributed by atoms with Crippen LogP contribution in [0.5, 0.6) is 5.75 Å².